The number of aryl methyl sites for hydroxylation is 1. The number of hydrogen-bond donors (Lipinski definition) is 1. The minimum atomic E-state index is 0.558. The lowest BCUT2D eigenvalue weighted by Gasteiger charge is -2.14. The Kier molecular flexibility index (Phi) is 6.19. The Morgan fingerprint density at radius 2 is 1.95 bits per heavy atom. The van der Waals surface area contributed by atoms with Crippen LogP contribution in [-0.4, -0.2) is 6.54 Å². The van der Waals surface area contributed by atoms with Gasteiger partial charge in [0.1, 0.15) is 0 Å². The van der Waals surface area contributed by atoms with Gasteiger partial charge in [0.25, 0.3) is 0 Å². The molecule has 1 aromatic carbocycles. The van der Waals surface area contributed by atoms with E-state index in [0.29, 0.717) is 6.04 Å². The second kappa shape index (κ2) is 7.91. The van der Waals surface area contributed by atoms with Crippen LogP contribution in [0.2, 0.25) is 5.02 Å². The van der Waals surface area contributed by atoms with E-state index in [-0.39, 0.29) is 0 Å². The molecule has 1 nitrogen and oxygen atoms in total. The molecule has 0 heterocycles. The molecule has 106 valence electrons. The molecule has 0 bridgehead atoms. The van der Waals surface area contributed by atoms with Gasteiger partial charge in [0.05, 0.1) is 0 Å². The van der Waals surface area contributed by atoms with E-state index in [4.69, 9.17) is 11.6 Å². The van der Waals surface area contributed by atoms with Gasteiger partial charge >= 0.3 is 0 Å². The van der Waals surface area contributed by atoms with Gasteiger partial charge in [0, 0.05) is 11.1 Å². The van der Waals surface area contributed by atoms with Crippen molar-refractivity contribution in [2.45, 2.75) is 64.3 Å². The van der Waals surface area contributed by atoms with E-state index in [2.05, 4.69) is 24.4 Å². The van der Waals surface area contributed by atoms with E-state index in [1.165, 1.54) is 62.5 Å². The van der Waals surface area contributed by atoms with Gasteiger partial charge in [-0.25, -0.2) is 0 Å². The highest BCUT2D eigenvalue weighted by atomic mass is 35.5. The normalized spacial score (nSPS) is 17.7. The van der Waals surface area contributed by atoms with Crippen LogP contribution in [0.5, 0.6) is 0 Å². The molecule has 2 rings (SSSR count). The van der Waals surface area contributed by atoms with Crippen LogP contribution in [0.25, 0.3) is 0 Å². The van der Waals surface area contributed by atoms with E-state index in [1.54, 1.807) is 0 Å². The molecule has 19 heavy (non-hydrogen) atoms. The summed E-state index contributed by atoms with van der Waals surface area (Å²) in [7, 11) is 0. The molecule has 0 aliphatic heterocycles. The zero-order chi connectivity index (χ0) is 13.5. The molecule has 0 aromatic heterocycles. The summed E-state index contributed by atoms with van der Waals surface area (Å²) in [4.78, 5) is 0. The summed E-state index contributed by atoms with van der Waals surface area (Å²) < 4.78 is 0. The molecular formula is C17H26ClN. The van der Waals surface area contributed by atoms with Gasteiger partial charge in [-0.3, -0.25) is 0 Å². The Morgan fingerprint density at radius 1 is 1.16 bits per heavy atom. The monoisotopic (exact) mass is 279 g/mol. The third kappa shape index (κ3) is 4.50. The molecule has 2 heteroatoms. The van der Waals surface area contributed by atoms with Crippen LogP contribution in [0, 0.1) is 0 Å². The number of hydrogen-bond acceptors (Lipinski definition) is 1. The van der Waals surface area contributed by atoms with Crippen LogP contribution in [0.3, 0.4) is 0 Å². The van der Waals surface area contributed by atoms with Crippen molar-refractivity contribution in [2.24, 2.45) is 0 Å². The number of nitrogens with one attached hydrogen (secondary N) is 1. The average molecular weight is 280 g/mol. The maximum absolute atomic E-state index is 6.04. The van der Waals surface area contributed by atoms with E-state index in [0.717, 1.165) is 11.6 Å². The van der Waals surface area contributed by atoms with Gasteiger partial charge in [-0.1, -0.05) is 56.7 Å². The van der Waals surface area contributed by atoms with Crippen LogP contribution >= 0.6 is 11.6 Å². The van der Waals surface area contributed by atoms with E-state index < -0.39 is 0 Å². The van der Waals surface area contributed by atoms with Crippen molar-refractivity contribution >= 4 is 11.6 Å². The fourth-order valence-corrected chi connectivity index (χ4v) is 3.17. The highest BCUT2D eigenvalue weighted by molar-refractivity contribution is 6.30. The van der Waals surface area contributed by atoms with Crippen molar-refractivity contribution in [3.05, 3.63) is 34.3 Å². The first-order chi connectivity index (χ1) is 9.31. The second-order valence-corrected chi connectivity index (χ2v) is 6.09. The van der Waals surface area contributed by atoms with Crippen molar-refractivity contribution in [2.75, 3.05) is 6.54 Å². The molecule has 0 amide bonds. The highest BCUT2D eigenvalue weighted by Gasteiger charge is 2.21. The van der Waals surface area contributed by atoms with Crippen LogP contribution in [0.4, 0.5) is 0 Å². The predicted molar refractivity (Wildman–Crippen MR) is 83.9 cm³/mol. The standard InChI is InChI=1S/C17H26ClN/c1-2-3-4-5-6-7-12-19-17-11-8-14-13-15(18)9-10-16(14)17/h9-10,13,17,19H,2-8,11-12H2,1H3. The van der Waals surface area contributed by atoms with Crippen molar-refractivity contribution < 1.29 is 0 Å². The van der Waals surface area contributed by atoms with Crippen LogP contribution in [0.15, 0.2) is 18.2 Å². The first-order valence-corrected chi connectivity index (χ1v) is 8.20. The topological polar surface area (TPSA) is 12.0 Å². The summed E-state index contributed by atoms with van der Waals surface area (Å²) in [5.74, 6) is 0. The van der Waals surface area contributed by atoms with Crippen molar-refractivity contribution in [1.29, 1.82) is 0 Å². The molecule has 0 fully saturated rings. The van der Waals surface area contributed by atoms with Crippen molar-refractivity contribution in [3.8, 4) is 0 Å². The van der Waals surface area contributed by atoms with Gasteiger partial charge in [-0.15, -0.1) is 0 Å². The lowest BCUT2D eigenvalue weighted by atomic mass is 10.1. The minimum absolute atomic E-state index is 0.558. The Balaban J connectivity index is 1.66. The second-order valence-electron chi connectivity index (χ2n) is 5.66. The number of unbranched alkanes of at least 4 members (excludes halogenated alkanes) is 5. The zero-order valence-electron chi connectivity index (χ0n) is 12.1. The number of benzene rings is 1. The molecule has 1 N–H and O–H groups in total. The Bertz CT molecular complexity index is 389. The van der Waals surface area contributed by atoms with E-state index >= 15 is 0 Å². The van der Waals surface area contributed by atoms with Crippen molar-refractivity contribution in [1.82, 2.24) is 5.32 Å². The smallest absolute Gasteiger partial charge is 0.0408 e. The quantitative estimate of drug-likeness (QED) is 0.639. The fraction of sp³-hybridized carbons (Fsp3) is 0.647. The Hall–Kier alpha value is -0.530. The molecule has 0 saturated heterocycles. The molecule has 1 atom stereocenters. The summed E-state index contributed by atoms with van der Waals surface area (Å²) in [5, 5.41) is 4.58. The minimum Gasteiger partial charge on any atom is -0.310 e. The molecule has 1 unspecified atom stereocenters. The molecule has 1 aliphatic carbocycles. The van der Waals surface area contributed by atoms with Gasteiger partial charge in [-0.05, 0) is 49.1 Å². The Labute approximate surface area is 122 Å². The first-order valence-electron chi connectivity index (χ1n) is 7.83. The largest absolute Gasteiger partial charge is 0.310 e. The van der Waals surface area contributed by atoms with Crippen LogP contribution in [0.1, 0.15) is 69.0 Å². The number of fused-ring (bicyclic) bond motifs is 1. The van der Waals surface area contributed by atoms with Gasteiger partial charge in [0.2, 0.25) is 0 Å². The third-order valence-electron chi connectivity index (χ3n) is 4.10. The summed E-state index contributed by atoms with van der Waals surface area (Å²) in [6.07, 6.45) is 10.6. The lowest BCUT2D eigenvalue weighted by Crippen LogP contribution is -2.20. The SMILES string of the molecule is CCCCCCCCNC1CCc2cc(Cl)ccc21. The van der Waals surface area contributed by atoms with Crippen LogP contribution in [-0.2, 0) is 6.42 Å². The first kappa shape index (κ1) is 14.9. The van der Waals surface area contributed by atoms with Crippen molar-refractivity contribution in [3.63, 3.8) is 0 Å². The summed E-state index contributed by atoms with van der Waals surface area (Å²) in [6.45, 7) is 3.42. The summed E-state index contributed by atoms with van der Waals surface area (Å²) in [6, 6.07) is 6.90. The zero-order valence-corrected chi connectivity index (χ0v) is 12.8. The van der Waals surface area contributed by atoms with E-state index in [1.807, 2.05) is 6.07 Å². The maximum atomic E-state index is 6.04. The van der Waals surface area contributed by atoms with Gasteiger partial charge in [0.15, 0.2) is 0 Å². The molecule has 1 aliphatic rings. The molecule has 0 radical (unpaired) electrons. The Morgan fingerprint density at radius 3 is 2.79 bits per heavy atom. The number of halogens is 1. The summed E-state index contributed by atoms with van der Waals surface area (Å²) >= 11 is 6.04. The summed E-state index contributed by atoms with van der Waals surface area (Å²) in [5.41, 5.74) is 2.91. The van der Waals surface area contributed by atoms with Gasteiger partial charge in [-0.2, -0.15) is 0 Å². The maximum Gasteiger partial charge on any atom is 0.0408 e. The molecule has 1 aromatic rings. The predicted octanol–water partition coefficient (Wildman–Crippen LogP) is 5.28. The third-order valence-corrected chi connectivity index (χ3v) is 4.34. The fourth-order valence-electron chi connectivity index (χ4n) is 2.98. The molecular weight excluding hydrogens is 254 g/mol. The van der Waals surface area contributed by atoms with Gasteiger partial charge < -0.3 is 5.32 Å². The van der Waals surface area contributed by atoms with E-state index in [9.17, 15) is 0 Å². The lowest BCUT2D eigenvalue weighted by molar-refractivity contribution is 0.501. The molecule has 0 saturated carbocycles. The molecule has 0 spiro atoms. The van der Waals surface area contributed by atoms with Crippen LogP contribution < -0.4 is 5.32 Å². The highest BCUT2D eigenvalue weighted by Crippen LogP contribution is 2.32. The average Bonchev–Trinajstić information content (AvgIpc) is 2.80. The number of rotatable bonds is 8.